The van der Waals surface area contributed by atoms with Crippen LogP contribution in [0.25, 0.3) is 0 Å². The first-order valence-corrected chi connectivity index (χ1v) is 8.07. The Morgan fingerprint density at radius 1 is 1.43 bits per heavy atom. The summed E-state index contributed by atoms with van der Waals surface area (Å²) >= 11 is 6.49. The Bertz CT molecular complexity index is 628. The Morgan fingerprint density at radius 3 is 2.52 bits per heavy atom. The van der Waals surface area contributed by atoms with Gasteiger partial charge in [-0.1, -0.05) is 25.4 Å². The summed E-state index contributed by atoms with van der Waals surface area (Å²) < 4.78 is 38.3. The van der Waals surface area contributed by atoms with E-state index in [2.05, 4.69) is 5.32 Å². The monoisotopic (exact) mass is 364 g/mol. The van der Waals surface area contributed by atoms with Gasteiger partial charge in [0.1, 0.15) is 5.54 Å². The van der Waals surface area contributed by atoms with Crippen LogP contribution < -0.4 is 5.32 Å². The average Bonchev–Trinajstić information content (AvgIpc) is 2.44. The second-order valence-corrected chi connectivity index (χ2v) is 6.90. The molecule has 0 aliphatic carbocycles. The van der Waals surface area contributed by atoms with E-state index < -0.39 is 23.2 Å². The van der Waals surface area contributed by atoms with Gasteiger partial charge >= 0.3 is 6.18 Å². The molecule has 0 aromatic heterocycles. The van der Waals surface area contributed by atoms with Crippen molar-refractivity contribution in [2.24, 2.45) is 5.92 Å². The van der Waals surface area contributed by atoms with Gasteiger partial charge in [0.05, 0.1) is 22.4 Å². The molecule has 0 unspecified atom stereocenters. The molecule has 0 saturated heterocycles. The van der Waals surface area contributed by atoms with Crippen LogP contribution in [-0.4, -0.2) is 17.2 Å². The highest BCUT2D eigenvalue weighted by Gasteiger charge is 2.33. The van der Waals surface area contributed by atoms with Crippen molar-refractivity contribution < 1.29 is 18.0 Å². The van der Waals surface area contributed by atoms with Crippen LogP contribution in [0.5, 0.6) is 0 Å². The minimum atomic E-state index is -4.55. The normalized spacial score (nSPS) is 14.2. The number of halogens is 4. The number of benzene rings is 1. The molecule has 3 nitrogen and oxygen atoms in total. The molecule has 0 aliphatic rings. The zero-order chi connectivity index (χ0) is 17.8. The van der Waals surface area contributed by atoms with Crippen molar-refractivity contribution in [3.63, 3.8) is 0 Å². The number of thioether (sulfide) groups is 1. The van der Waals surface area contributed by atoms with Gasteiger partial charge < -0.3 is 5.32 Å². The van der Waals surface area contributed by atoms with Gasteiger partial charge in [-0.2, -0.15) is 18.4 Å². The zero-order valence-electron chi connectivity index (χ0n) is 12.8. The van der Waals surface area contributed by atoms with Crippen molar-refractivity contribution >= 4 is 29.3 Å². The number of nitrogens with one attached hydrogen (secondary N) is 1. The van der Waals surface area contributed by atoms with E-state index in [0.717, 1.165) is 23.9 Å². The van der Waals surface area contributed by atoms with Crippen molar-refractivity contribution in [2.75, 3.05) is 5.75 Å². The van der Waals surface area contributed by atoms with E-state index in [1.165, 1.54) is 6.07 Å². The number of carbonyl (C=O) groups excluding carboxylic acids is 1. The van der Waals surface area contributed by atoms with Gasteiger partial charge in [-0.15, -0.1) is 11.8 Å². The highest BCUT2D eigenvalue weighted by molar-refractivity contribution is 8.00. The van der Waals surface area contributed by atoms with Gasteiger partial charge in [-0.3, -0.25) is 4.79 Å². The fraction of sp³-hybridized carbons (Fsp3) is 0.467. The standard InChI is InChI=1S/C15H16ClF3N2OS/c1-9(2)14(3,8-20)21-13(22)7-23-10-4-5-12(16)11(6-10)15(17,18)19/h4-6,9H,7H2,1-3H3,(H,21,22)/t14-/m1/s1. The van der Waals surface area contributed by atoms with Crippen molar-refractivity contribution in [2.45, 2.75) is 37.4 Å². The van der Waals surface area contributed by atoms with E-state index >= 15 is 0 Å². The highest BCUT2D eigenvalue weighted by atomic mass is 35.5. The summed E-state index contributed by atoms with van der Waals surface area (Å²) in [5.41, 5.74) is -1.96. The summed E-state index contributed by atoms with van der Waals surface area (Å²) in [6, 6.07) is 5.51. The van der Waals surface area contributed by atoms with Crippen molar-refractivity contribution in [3.8, 4) is 6.07 Å². The van der Waals surface area contributed by atoms with Crippen molar-refractivity contribution in [3.05, 3.63) is 28.8 Å². The molecule has 8 heteroatoms. The number of carbonyl (C=O) groups is 1. The van der Waals surface area contributed by atoms with Crippen molar-refractivity contribution in [1.82, 2.24) is 5.32 Å². The topological polar surface area (TPSA) is 52.9 Å². The van der Waals surface area contributed by atoms with Gasteiger partial charge in [0.15, 0.2) is 0 Å². The largest absolute Gasteiger partial charge is 0.417 e. The first-order chi connectivity index (χ1) is 10.5. The summed E-state index contributed by atoms with van der Waals surface area (Å²) in [5.74, 6) is -0.617. The predicted molar refractivity (Wildman–Crippen MR) is 84.2 cm³/mol. The lowest BCUT2D eigenvalue weighted by atomic mass is 9.90. The first-order valence-electron chi connectivity index (χ1n) is 6.71. The van der Waals surface area contributed by atoms with Crippen LogP contribution >= 0.6 is 23.4 Å². The molecule has 0 bridgehead atoms. The molecule has 0 aliphatic heterocycles. The Morgan fingerprint density at radius 2 is 2.04 bits per heavy atom. The Hall–Kier alpha value is -1.39. The van der Waals surface area contributed by atoms with E-state index in [-0.39, 0.29) is 21.6 Å². The predicted octanol–water partition coefficient (Wildman–Crippen LogP) is 4.51. The van der Waals surface area contributed by atoms with Gasteiger partial charge in [0.2, 0.25) is 5.91 Å². The fourth-order valence-corrected chi connectivity index (χ4v) is 2.55. The quantitative estimate of drug-likeness (QED) is 0.782. The molecule has 1 rings (SSSR count). The SMILES string of the molecule is CC(C)[C@@](C)(C#N)NC(=O)CSc1ccc(Cl)c(C(F)(F)F)c1. The third-order valence-corrected chi connectivity index (χ3v) is 4.72. The number of alkyl halides is 3. The Kier molecular flexibility index (Phi) is 6.37. The molecule has 0 heterocycles. The molecule has 1 atom stereocenters. The van der Waals surface area contributed by atoms with Crippen LogP contribution in [0.15, 0.2) is 23.1 Å². The second-order valence-electron chi connectivity index (χ2n) is 5.45. The maximum absolute atomic E-state index is 12.8. The molecular weight excluding hydrogens is 349 g/mol. The van der Waals surface area contributed by atoms with E-state index in [9.17, 15) is 18.0 Å². The highest BCUT2D eigenvalue weighted by Crippen LogP contribution is 2.37. The smallest absolute Gasteiger partial charge is 0.337 e. The molecule has 1 N–H and O–H groups in total. The molecule has 1 aromatic carbocycles. The number of nitrogens with zero attached hydrogens (tertiary/aromatic N) is 1. The van der Waals surface area contributed by atoms with Crippen LogP contribution in [0, 0.1) is 17.2 Å². The lowest BCUT2D eigenvalue weighted by Crippen LogP contribution is -2.49. The van der Waals surface area contributed by atoms with E-state index in [0.29, 0.717) is 0 Å². The van der Waals surface area contributed by atoms with Gasteiger partial charge in [0.25, 0.3) is 0 Å². The summed E-state index contributed by atoms with van der Waals surface area (Å²) in [4.78, 5) is 12.2. The molecular formula is C15H16ClF3N2OS. The van der Waals surface area contributed by atoms with E-state index in [1.54, 1.807) is 20.8 Å². The molecule has 23 heavy (non-hydrogen) atoms. The lowest BCUT2D eigenvalue weighted by molar-refractivity contribution is -0.137. The minimum absolute atomic E-state index is 0.0943. The third kappa shape index (κ3) is 5.33. The maximum atomic E-state index is 12.8. The lowest BCUT2D eigenvalue weighted by Gasteiger charge is -2.27. The molecule has 1 amide bonds. The number of rotatable bonds is 5. The van der Waals surface area contributed by atoms with E-state index in [1.807, 2.05) is 6.07 Å². The summed E-state index contributed by atoms with van der Waals surface area (Å²) in [6.07, 6.45) is -4.55. The summed E-state index contributed by atoms with van der Waals surface area (Å²) in [5, 5.41) is 11.3. The second kappa shape index (κ2) is 7.45. The third-order valence-electron chi connectivity index (χ3n) is 3.40. The molecule has 1 aromatic rings. The first kappa shape index (κ1) is 19.7. The average molecular weight is 365 g/mol. The molecule has 0 radical (unpaired) electrons. The summed E-state index contributed by atoms with van der Waals surface area (Å²) in [7, 11) is 0. The van der Waals surface area contributed by atoms with Gasteiger partial charge in [-0.25, -0.2) is 0 Å². The van der Waals surface area contributed by atoms with Crippen LogP contribution in [0.2, 0.25) is 5.02 Å². The fourth-order valence-electron chi connectivity index (χ4n) is 1.59. The zero-order valence-corrected chi connectivity index (χ0v) is 14.4. The van der Waals surface area contributed by atoms with Gasteiger partial charge in [-0.05, 0) is 31.0 Å². The Labute approximate surface area is 142 Å². The van der Waals surface area contributed by atoms with E-state index in [4.69, 9.17) is 16.9 Å². The minimum Gasteiger partial charge on any atom is -0.337 e. The molecule has 0 fully saturated rings. The molecule has 126 valence electrons. The number of amides is 1. The van der Waals surface area contributed by atoms with Crippen molar-refractivity contribution in [1.29, 1.82) is 5.26 Å². The van der Waals surface area contributed by atoms with Crippen LogP contribution in [-0.2, 0) is 11.0 Å². The Balaban J connectivity index is 2.76. The van der Waals surface area contributed by atoms with Gasteiger partial charge in [0, 0.05) is 4.90 Å². The number of nitriles is 1. The summed E-state index contributed by atoms with van der Waals surface area (Å²) in [6.45, 7) is 5.20. The van der Waals surface area contributed by atoms with Crippen LogP contribution in [0.4, 0.5) is 13.2 Å². The molecule has 0 spiro atoms. The van der Waals surface area contributed by atoms with Crippen LogP contribution in [0.3, 0.4) is 0 Å². The van der Waals surface area contributed by atoms with Crippen LogP contribution in [0.1, 0.15) is 26.3 Å². The molecule has 0 saturated carbocycles. The maximum Gasteiger partial charge on any atom is 0.417 e. The number of hydrogen-bond donors (Lipinski definition) is 1. The number of hydrogen-bond acceptors (Lipinski definition) is 3.